The van der Waals surface area contributed by atoms with Crippen LogP contribution in [0.1, 0.15) is 65.5 Å². The average Bonchev–Trinajstić information content (AvgIpc) is 3.44. The van der Waals surface area contributed by atoms with Crippen molar-refractivity contribution in [3.8, 4) is 0 Å². The van der Waals surface area contributed by atoms with Gasteiger partial charge in [-0.05, 0) is 92.7 Å². The summed E-state index contributed by atoms with van der Waals surface area (Å²) in [5.74, 6) is 0. The van der Waals surface area contributed by atoms with Crippen molar-refractivity contribution in [1.29, 1.82) is 0 Å². The summed E-state index contributed by atoms with van der Waals surface area (Å²) in [5, 5.41) is 9.38. The number of rotatable bonds is 4. The Labute approximate surface area is 223 Å². The molecule has 7 rings (SSSR count). The molecule has 38 heavy (non-hydrogen) atoms. The minimum Gasteiger partial charge on any atom is -0.456 e. The minimum atomic E-state index is 0.153. The topological polar surface area (TPSA) is 26.3 Å². The zero-order chi connectivity index (χ0) is 26.4. The van der Waals surface area contributed by atoms with E-state index in [1.54, 1.807) is 0 Å². The first-order valence-corrected chi connectivity index (χ1v) is 13.9. The van der Waals surface area contributed by atoms with Crippen LogP contribution in [0.25, 0.3) is 65.4 Å². The van der Waals surface area contributed by atoms with Crippen LogP contribution < -0.4 is 0 Å². The van der Waals surface area contributed by atoms with Crippen LogP contribution in [-0.2, 0) is 10.8 Å². The highest BCUT2D eigenvalue weighted by molar-refractivity contribution is 6.18. The van der Waals surface area contributed by atoms with Crippen molar-refractivity contribution in [2.45, 2.75) is 65.2 Å². The minimum absolute atomic E-state index is 0.153. The van der Waals surface area contributed by atoms with Gasteiger partial charge in [-0.2, -0.15) is 0 Å². The summed E-state index contributed by atoms with van der Waals surface area (Å²) in [6, 6.07) is 26.9. The quantitative estimate of drug-likeness (QED) is 0.241. The molecule has 0 atom stereocenters. The Morgan fingerprint density at radius 2 is 0.816 bits per heavy atom. The van der Waals surface area contributed by atoms with E-state index in [1.165, 1.54) is 32.7 Å². The number of furan rings is 2. The Kier molecular flexibility index (Phi) is 4.83. The molecule has 0 fully saturated rings. The smallest absolute Gasteiger partial charge is 0.136 e. The van der Waals surface area contributed by atoms with E-state index in [-0.39, 0.29) is 10.8 Å². The molecule has 0 saturated carbocycles. The van der Waals surface area contributed by atoms with Crippen LogP contribution in [0.5, 0.6) is 0 Å². The van der Waals surface area contributed by atoms with E-state index < -0.39 is 0 Å². The monoisotopic (exact) mass is 498 g/mol. The molecule has 0 saturated heterocycles. The van der Waals surface area contributed by atoms with E-state index in [9.17, 15) is 0 Å². The molecule has 0 aliphatic rings. The summed E-state index contributed by atoms with van der Waals surface area (Å²) in [5.41, 5.74) is 6.69. The molecule has 0 unspecified atom stereocenters. The normalized spacial score (nSPS) is 13.2. The van der Waals surface area contributed by atoms with Crippen molar-refractivity contribution in [3.05, 3.63) is 83.9 Å². The maximum absolute atomic E-state index is 6.45. The van der Waals surface area contributed by atoms with Gasteiger partial charge in [-0.15, -0.1) is 0 Å². The molecule has 0 radical (unpaired) electrons. The van der Waals surface area contributed by atoms with Crippen LogP contribution in [0.2, 0.25) is 0 Å². The summed E-state index contributed by atoms with van der Waals surface area (Å²) in [6.07, 6.45) is 2.21. The molecule has 7 aromatic rings. The molecule has 2 aromatic heterocycles. The maximum Gasteiger partial charge on any atom is 0.136 e. The number of hydrogen-bond acceptors (Lipinski definition) is 2. The van der Waals surface area contributed by atoms with Gasteiger partial charge in [0, 0.05) is 21.5 Å². The number of hydrogen-bond donors (Lipinski definition) is 0. The van der Waals surface area contributed by atoms with Crippen LogP contribution in [0.4, 0.5) is 0 Å². The van der Waals surface area contributed by atoms with Crippen LogP contribution in [0, 0.1) is 0 Å². The SMILES string of the molecule is CCC(C)(C)c1ccc2cc3c(cc2c1)oc1cc2c(cc13)oc1cc3cc(C(C)(C)CC)ccc3cc12. The number of benzene rings is 5. The Balaban J connectivity index is 1.42. The highest BCUT2D eigenvalue weighted by Gasteiger charge is 2.21. The maximum atomic E-state index is 6.45. The van der Waals surface area contributed by atoms with E-state index >= 15 is 0 Å². The summed E-state index contributed by atoms with van der Waals surface area (Å²) < 4.78 is 12.9. The second-order valence-corrected chi connectivity index (χ2v) is 12.3. The van der Waals surface area contributed by atoms with Crippen LogP contribution in [0.15, 0.2) is 81.6 Å². The Morgan fingerprint density at radius 3 is 1.21 bits per heavy atom. The van der Waals surface area contributed by atoms with Gasteiger partial charge in [0.1, 0.15) is 22.3 Å². The lowest BCUT2D eigenvalue weighted by atomic mass is 9.81. The summed E-state index contributed by atoms with van der Waals surface area (Å²) in [6.45, 7) is 13.7. The van der Waals surface area contributed by atoms with E-state index in [4.69, 9.17) is 8.83 Å². The third-order valence-corrected chi connectivity index (χ3v) is 9.31. The molecule has 0 bridgehead atoms. The molecule has 2 heteroatoms. The fourth-order valence-corrected chi connectivity index (χ4v) is 5.78. The third kappa shape index (κ3) is 3.39. The van der Waals surface area contributed by atoms with Crippen LogP contribution in [0.3, 0.4) is 0 Å². The molecule has 2 nitrogen and oxygen atoms in total. The summed E-state index contributed by atoms with van der Waals surface area (Å²) in [4.78, 5) is 0. The zero-order valence-corrected chi connectivity index (χ0v) is 23.2. The van der Waals surface area contributed by atoms with Crippen molar-refractivity contribution in [2.24, 2.45) is 0 Å². The molecule has 0 N–H and O–H groups in total. The van der Waals surface area contributed by atoms with Gasteiger partial charge in [0.05, 0.1) is 0 Å². The Bertz CT molecular complexity index is 1900. The van der Waals surface area contributed by atoms with E-state index in [0.717, 1.165) is 56.7 Å². The van der Waals surface area contributed by atoms with Gasteiger partial charge in [0.2, 0.25) is 0 Å². The van der Waals surface area contributed by atoms with Crippen molar-refractivity contribution in [1.82, 2.24) is 0 Å². The Hall–Kier alpha value is -3.78. The highest BCUT2D eigenvalue weighted by Crippen LogP contribution is 2.40. The Morgan fingerprint density at radius 1 is 0.447 bits per heavy atom. The molecule has 0 aliphatic heterocycles. The second-order valence-electron chi connectivity index (χ2n) is 12.3. The number of fused-ring (bicyclic) bond motifs is 8. The lowest BCUT2D eigenvalue weighted by Gasteiger charge is -2.23. The lowest BCUT2D eigenvalue weighted by molar-refractivity contribution is 0.507. The standard InChI is InChI=1S/C36H34O2/c1-7-35(3,4)25-11-9-21-15-27-29-19-34-30(20-33(29)37-31(27)17-23(21)13-25)28-16-22-10-12-26(36(5,6)8-2)14-24(22)18-32(28)38-34/h9-20H,7-8H2,1-6H3. The van der Waals surface area contributed by atoms with Crippen LogP contribution in [-0.4, -0.2) is 0 Å². The molecular weight excluding hydrogens is 464 g/mol. The average molecular weight is 499 g/mol. The lowest BCUT2D eigenvalue weighted by Crippen LogP contribution is -2.15. The van der Waals surface area contributed by atoms with Gasteiger partial charge in [-0.3, -0.25) is 0 Å². The van der Waals surface area contributed by atoms with Gasteiger partial charge in [0.15, 0.2) is 0 Å². The third-order valence-electron chi connectivity index (χ3n) is 9.31. The summed E-state index contributed by atoms with van der Waals surface area (Å²) >= 11 is 0. The molecular formula is C36H34O2. The molecule has 190 valence electrons. The van der Waals surface area contributed by atoms with Crippen LogP contribution >= 0.6 is 0 Å². The second kappa shape index (κ2) is 7.86. The fourth-order valence-electron chi connectivity index (χ4n) is 5.78. The van der Waals surface area contributed by atoms with Gasteiger partial charge in [-0.25, -0.2) is 0 Å². The van der Waals surface area contributed by atoms with E-state index in [2.05, 4.69) is 114 Å². The molecule has 5 aromatic carbocycles. The first-order valence-electron chi connectivity index (χ1n) is 13.9. The van der Waals surface area contributed by atoms with E-state index in [1.807, 2.05) is 0 Å². The largest absolute Gasteiger partial charge is 0.456 e. The first-order chi connectivity index (χ1) is 18.2. The highest BCUT2D eigenvalue weighted by atomic mass is 16.3. The molecule has 0 amide bonds. The van der Waals surface area contributed by atoms with Gasteiger partial charge in [-0.1, -0.05) is 77.9 Å². The fraction of sp³-hybridized carbons (Fsp3) is 0.278. The van der Waals surface area contributed by atoms with Crippen molar-refractivity contribution >= 4 is 65.4 Å². The summed E-state index contributed by atoms with van der Waals surface area (Å²) in [7, 11) is 0. The molecule has 0 aliphatic carbocycles. The zero-order valence-electron chi connectivity index (χ0n) is 23.2. The van der Waals surface area contributed by atoms with Gasteiger partial charge < -0.3 is 8.83 Å². The van der Waals surface area contributed by atoms with Crippen molar-refractivity contribution in [2.75, 3.05) is 0 Å². The van der Waals surface area contributed by atoms with Crippen molar-refractivity contribution < 1.29 is 8.83 Å². The predicted octanol–water partition coefficient (Wildman–Crippen LogP) is 11.2. The molecule has 2 heterocycles. The van der Waals surface area contributed by atoms with Gasteiger partial charge >= 0.3 is 0 Å². The first kappa shape index (κ1) is 23.3. The molecule has 0 spiro atoms. The van der Waals surface area contributed by atoms with Crippen molar-refractivity contribution in [3.63, 3.8) is 0 Å². The predicted molar refractivity (Wildman–Crippen MR) is 163 cm³/mol. The van der Waals surface area contributed by atoms with Gasteiger partial charge in [0.25, 0.3) is 0 Å². The van der Waals surface area contributed by atoms with E-state index in [0.29, 0.717) is 0 Å².